The van der Waals surface area contributed by atoms with E-state index in [1.807, 2.05) is 0 Å². The van der Waals surface area contributed by atoms with Crippen LogP contribution >= 0.6 is 0 Å². The van der Waals surface area contributed by atoms with E-state index in [-0.39, 0.29) is 27.5 Å². The third-order valence-electron chi connectivity index (χ3n) is 3.84. The maximum absolute atomic E-state index is 12.4. The molecule has 0 aromatic heterocycles. The number of carbonyl (C=O) groups is 2. The third-order valence-corrected chi connectivity index (χ3v) is 5.63. The molecule has 1 atom stereocenters. The van der Waals surface area contributed by atoms with Gasteiger partial charge in [0.2, 0.25) is 5.78 Å². The van der Waals surface area contributed by atoms with Gasteiger partial charge in [-0.3, -0.25) is 4.79 Å². The molecular weight excluding hydrogens is 394 g/mol. The fourth-order valence-electron chi connectivity index (χ4n) is 2.37. The molecule has 0 N–H and O–H groups in total. The molecule has 0 fully saturated rings. The minimum atomic E-state index is -3.66. The number of hydrogen-bond acceptors (Lipinski definition) is 6. The van der Waals surface area contributed by atoms with E-state index in [9.17, 15) is 26.8 Å². The molecule has 0 radical (unpaired) electrons. The monoisotopic (exact) mass is 412 g/mol. The second-order valence-corrected chi connectivity index (χ2v) is 7.96. The summed E-state index contributed by atoms with van der Waals surface area (Å²) in [6.45, 7) is -0.202. The Labute approximate surface area is 161 Å². The van der Waals surface area contributed by atoms with Crippen LogP contribution in [0.15, 0.2) is 53.4 Å². The molecule has 0 saturated carbocycles. The van der Waals surface area contributed by atoms with Crippen molar-refractivity contribution in [3.63, 3.8) is 0 Å². The molecular formula is C19H18F2O6S. The summed E-state index contributed by atoms with van der Waals surface area (Å²) >= 11 is 0. The first-order chi connectivity index (χ1) is 13.2. The topological polar surface area (TPSA) is 86.7 Å². The number of halogens is 2. The molecule has 2 aromatic rings. The zero-order chi connectivity index (χ0) is 20.9. The summed E-state index contributed by atoms with van der Waals surface area (Å²) in [4.78, 5) is 24.6. The first-order valence-electron chi connectivity index (χ1n) is 8.27. The molecule has 2 rings (SSSR count). The number of ketones is 1. The molecule has 0 bridgehead atoms. The van der Waals surface area contributed by atoms with Gasteiger partial charge in [0, 0.05) is 5.56 Å². The smallest absolute Gasteiger partial charge is 0.387 e. The molecule has 6 nitrogen and oxygen atoms in total. The molecule has 0 heterocycles. The lowest BCUT2D eigenvalue weighted by atomic mass is 10.1. The number of hydrogen-bond donors (Lipinski definition) is 0. The minimum absolute atomic E-state index is 0.116. The highest BCUT2D eigenvalue weighted by Gasteiger charge is 2.25. The van der Waals surface area contributed by atoms with Crippen LogP contribution in [-0.2, 0) is 14.6 Å². The van der Waals surface area contributed by atoms with Crippen molar-refractivity contribution in [2.75, 3.05) is 5.75 Å². The summed E-state index contributed by atoms with van der Waals surface area (Å²) in [6, 6.07) is 10.5. The number of rotatable bonds is 8. The standard InChI is InChI=1S/C19H18F2O6S/c1-3-28(24,25)16-7-5-4-6-15(16)18(23)26-12(2)17(22)13-8-10-14(11-9-13)27-19(20)21/h4-12,19H,3H2,1-2H3. The van der Waals surface area contributed by atoms with Gasteiger partial charge in [0.15, 0.2) is 15.9 Å². The lowest BCUT2D eigenvalue weighted by Crippen LogP contribution is -2.25. The number of ether oxygens (including phenoxy) is 2. The SMILES string of the molecule is CCS(=O)(=O)c1ccccc1C(=O)OC(C)C(=O)c1ccc(OC(F)F)cc1. The van der Waals surface area contributed by atoms with Crippen LogP contribution in [0.3, 0.4) is 0 Å². The van der Waals surface area contributed by atoms with E-state index in [2.05, 4.69) is 4.74 Å². The van der Waals surface area contributed by atoms with Gasteiger partial charge in [-0.05, 0) is 43.3 Å². The molecule has 0 aliphatic heterocycles. The predicted octanol–water partition coefficient (Wildman–Crippen LogP) is 3.51. The summed E-state index contributed by atoms with van der Waals surface area (Å²) in [5, 5.41) is 0. The molecule has 0 amide bonds. The highest BCUT2D eigenvalue weighted by Crippen LogP contribution is 2.20. The molecule has 1 unspecified atom stereocenters. The Morgan fingerprint density at radius 2 is 1.64 bits per heavy atom. The first-order valence-corrected chi connectivity index (χ1v) is 9.92. The van der Waals surface area contributed by atoms with Crippen LogP contribution in [0.2, 0.25) is 0 Å². The van der Waals surface area contributed by atoms with Crippen LogP contribution in [0.4, 0.5) is 8.78 Å². The second kappa shape index (κ2) is 8.92. The molecule has 0 aliphatic carbocycles. The van der Waals surface area contributed by atoms with Crippen molar-refractivity contribution in [3.8, 4) is 5.75 Å². The van der Waals surface area contributed by atoms with Crippen molar-refractivity contribution in [1.29, 1.82) is 0 Å². The van der Waals surface area contributed by atoms with E-state index in [0.717, 1.165) is 0 Å². The lowest BCUT2D eigenvalue weighted by Gasteiger charge is -2.14. The molecule has 0 saturated heterocycles. The van der Waals surface area contributed by atoms with Gasteiger partial charge in [0.1, 0.15) is 5.75 Å². The van der Waals surface area contributed by atoms with Crippen LogP contribution in [0.25, 0.3) is 0 Å². The maximum Gasteiger partial charge on any atom is 0.387 e. The van der Waals surface area contributed by atoms with Crippen molar-refractivity contribution >= 4 is 21.6 Å². The summed E-state index contributed by atoms with van der Waals surface area (Å²) in [5.74, 6) is -1.84. The normalized spacial score (nSPS) is 12.5. The Hall–Kier alpha value is -2.81. The summed E-state index contributed by atoms with van der Waals surface area (Å²) in [5.41, 5.74) is -0.0407. The van der Waals surface area contributed by atoms with Crippen LogP contribution in [0.1, 0.15) is 34.6 Å². The summed E-state index contributed by atoms with van der Waals surface area (Å²) in [7, 11) is -3.66. The molecule has 2 aromatic carbocycles. The molecule has 0 spiro atoms. The van der Waals surface area contributed by atoms with E-state index in [4.69, 9.17) is 4.74 Å². The van der Waals surface area contributed by atoms with Crippen LogP contribution in [0.5, 0.6) is 5.75 Å². The van der Waals surface area contributed by atoms with Gasteiger partial charge in [0.25, 0.3) is 0 Å². The summed E-state index contributed by atoms with van der Waals surface area (Å²) < 4.78 is 57.9. The van der Waals surface area contributed by atoms with E-state index >= 15 is 0 Å². The van der Waals surface area contributed by atoms with Gasteiger partial charge in [-0.1, -0.05) is 19.1 Å². The Morgan fingerprint density at radius 3 is 2.21 bits per heavy atom. The summed E-state index contributed by atoms with van der Waals surface area (Å²) in [6.07, 6.45) is -1.22. The number of alkyl halides is 2. The second-order valence-electron chi connectivity index (χ2n) is 5.71. The maximum atomic E-state index is 12.4. The van der Waals surface area contributed by atoms with Gasteiger partial charge in [-0.25, -0.2) is 13.2 Å². The van der Waals surface area contributed by atoms with E-state index in [1.165, 1.54) is 62.4 Å². The minimum Gasteiger partial charge on any atom is -0.451 e. The average molecular weight is 412 g/mol. The van der Waals surface area contributed by atoms with Crippen molar-refractivity contribution in [2.24, 2.45) is 0 Å². The number of benzene rings is 2. The van der Waals surface area contributed by atoms with Crippen LogP contribution in [-0.4, -0.2) is 38.6 Å². The van der Waals surface area contributed by atoms with E-state index in [1.54, 1.807) is 0 Å². The lowest BCUT2D eigenvalue weighted by molar-refractivity contribution is -0.0498. The fourth-order valence-corrected chi connectivity index (χ4v) is 3.46. The van der Waals surface area contributed by atoms with Gasteiger partial charge in [0.05, 0.1) is 16.2 Å². The quantitative estimate of drug-likeness (QED) is 0.487. The number of esters is 1. The zero-order valence-corrected chi connectivity index (χ0v) is 15.9. The Bertz CT molecular complexity index is 955. The fraction of sp³-hybridized carbons (Fsp3) is 0.263. The molecule has 28 heavy (non-hydrogen) atoms. The van der Waals surface area contributed by atoms with Gasteiger partial charge < -0.3 is 9.47 Å². The predicted molar refractivity (Wildman–Crippen MR) is 96.5 cm³/mol. The number of sulfone groups is 1. The van der Waals surface area contributed by atoms with Crippen molar-refractivity contribution in [2.45, 2.75) is 31.5 Å². The first kappa shape index (κ1) is 21.5. The number of Topliss-reactive ketones (excluding diaryl/α,β-unsaturated/α-hetero) is 1. The average Bonchev–Trinajstić information content (AvgIpc) is 2.67. The molecule has 0 aliphatic rings. The van der Waals surface area contributed by atoms with Crippen LogP contribution < -0.4 is 4.74 Å². The van der Waals surface area contributed by atoms with E-state index in [0.29, 0.717) is 0 Å². The van der Waals surface area contributed by atoms with Gasteiger partial charge in [-0.2, -0.15) is 8.78 Å². The van der Waals surface area contributed by atoms with Crippen molar-refractivity contribution in [1.82, 2.24) is 0 Å². The third kappa shape index (κ3) is 5.13. The highest BCUT2D eigenvalue weighted by molar-refractivity contribution is 7.91. The molecule has 9 heteroatoms. The van der Waals surface area contributed by atoms with Gasteiger partial charge >= 0.3 is 12.6 Å². The Balaban J connectivity index is 2.16. The van der Waals surface area contributed by atoms with Crippen LogP contribution in [0, 0.1) is 0 Å². The van der Waals surface area contributed by atoms with Crippen molar-refractivity contribution < 1.29 is 36.3 Å². The van der Waals surface area contributed by atoms with Crippen molar-refractivity contribution in [3.05, 3.63) is 59.7 Å². The highest BCUT2D eigenvalue weighted by atomic mass is 32.2. The largest absolute Gasteiger partial charge is 0.451 e. The Kier molecular flexibility index (Phi) is 6.85. The van der Waals surface area contributed by atoms with E-state index < -0.39 is 34.3 Å². The molecule has 150 valence electrons. The van der Waals surface area contributed by atoms with Gasteiger partial charge in [-0.15, -0.1) is 0 Å². The zero-order valence-electron chi connectivity index (χ0n) is 15.1. The Morgan fingerprint density at radius 1 is 1.04 bits per heavy atom. The number of carbonyl (C=O) groups excluding carboxylic acids is 2.